The van der Waals surface area contributed by atoms with Crippen LogP contribution in [0.25, 0.3) is 0 Å². The summed E-state index contributed by atoms with van der Waals surface area (Å²) in [6.45, 7) is 4.50. The second-order valence-corrected chi connectivity index (χ2v) is 3.05. The minimum Gasteiger partial charge on any atom is -0.424 e. The van der Waals surface area contributed by atoms with E-state index < -0.39 is 0 Å². The first-order chi connectivity index (χ1) is 7.24. The van der Waals surface area contributed by atoms with E-state index in [0.717, 1.165) is 0 Å². The van der Waals surface area contributed by atoms with Crippen molar-refractivity contribution in [3.8, 4) is 0 Å². The van der Waals surface area contributed by atoms with Crippen molar-refractivity contribution in [2.75, 3.05) is 0 Å². The molecule has 0 amide bonds. The van der Waals surface area contributed by atoms with E-state index in [2.05, 4.69) is 25.7 Å². The molecular formula is C8H11N5O2. The third kappa shape index (κ3) is 2.59. The maximum absolute atomic E-state index is 5.18. The molecule has 7 nitrogen and oxygen atoms in total. The average Bonchev–Trinajstić information content (AvgIpc) is 2.76. The van der Waals surface area contributed by atoms with Gasteiger partial charge in [-0.15, -0.1) is 10.2 Å². The zero-order chi connectivity index (χ0) is 10.7. The Bertz CT molecular complexity index is 395. The van der Waals surface area contributed by atoms with E-state index in [1.54, 1.807) is 13.8 Å². The lowest BCUT2D eigenvalue weighted by molar-refractivity contribution is 0.358. The molecular weight excluding hydrogens is 198 g/mol. The molecule has 2 heterocycles. The fraction of sp³-hybridized carbons (Fsp3) is 0.500. The lowest BCUT2D eigenvalue weighted by Crippen LogP contribution is -2.13. The smallest absolute Gasteiger partial charge is 0.240 e. The molecule has 80 valence electrons. The summed E-state index contributed by atoms with van der Waals surface area (Å²) in [6, 6.07) is 0. The van der Waals surface area contributed by atoms with Crippen LogP contribution in [0.5, 0.6) is 0 Å². The zero-order valence-corrected chi connectivity index (χ0v) is 8.52. The molecule has 0 aliphatic carbocycles. The zero-order valence-electron chi connectivity index (χ0n) is 8.52. The number of aryl methyl sites for hydroxylation is 2. The summed E-state index contributed by atoms with van der Waals surface area (Å²) in [5, 5.41) is 14.3. The van der Waals surface area contributed by atoms with Crippen LogP contribution in [0, 0.1) is 13.8 Å². The molecule has 7 heteroatoms. The van der Waals surface area contributed by atoms with Crippen LogP contribution in [-0.2, 0) is 13.1 Å². The minimum atomic E-state index is 0.488. The topological polar surface area (TPSA) is 89.9 Å². The van der Waals surface area contributed by atoms with Gasteiger partial charge in [0.25, 0.3) is 0 Å². The molecule has 0 spiro atoms. The molecule has 1 N–H and O–H groups in total. The van der Waals surface area contributed by atoms with E-state index in [9.17, 15) is 0 Å². The van der Waals surface area contributed by atoms with Gasteiger partial charge in [-0.2, -0.15) is 4.98 Å². The van der Waals surface area contributed by atoms with Gasteiger partial charge in [-0.1, -0.05) is 5.16 Å². The SMILES string of the molecule is Cc1noc(CNCc2nnc(C)o2)n1. The minimum absolute atomic E-state index is 0.488. The first-order valence-corrected chi connectivity index (χ1v) is 4.53. The van der Waals surface area contributed by atoms with Gasteiger partial charge in [0.05, 0.1) is 13.1 Å². The molecule has 0 unspecified atom stereocenters. The maximum atomic E-state index is 5.18. The second-order valence-electron chi connectivity index (χ2n) is 3.05. The van der Waals surface area contributed by atoms with Gasteiger partial charge in [0.2, 0.25) is 17.7 Å². The fourth-order valence-corrected chi connectivity index (χ4v) is 1.10. The summed E-state index contributed by atoms with van der Waals surface area (Å²) in [7, 11) is 0. The summed E-state index contributed by atoms with van der Waals surface area (Å²) in [5.74, 6) is 2.27. The molecule has 2 aromatic rings. The Morgan fingerprint density at radius 2 is 1.93 bits per heavy atom. The Morgan fingerprint density at radius 1 is 1.13 bits per heavy atom. The Hall–Kier alpha value is -1.76. The van der Waals surface area contributed by atoms with Crippen molar-refractivity contribution in [2.24, 2.45) is 0 Å². The normalized spacial score (nSPS) is 10.8. The molecule has 0 aliphatic heterocycles. The molecule has 0 fully saturated rings. The van der Waals surface area contributed by atoms with Gasteiger partial charge in [-0.25, -0.2) is 0 Å². The average molecular weight is 209 g/mol. The first-order valence-electron chi connectivity index (χ1n) is 4.53. The van der Waals surface area contributed by atoms with E-state index in [1.807, 2.05) is 0 Å². The highest BCUT2D eigenvalue weighted by atomic mass is 16.5. The number of nitrogens with one attached hydrogen (secondary N) is 1. The van der Waals surface area contributed by atoms with Gasteiger partial charge >= 0.3 is 0 Å². The Kier molecular flexibility index (Phi) is 2.72. The molecule has 0 atom stereocenters. The summed E-state index contributed by atoms with van der Waals surface area (Å²) in [5.41, 5.74) is 0. The Morgan fingerprint density at radius 3 is 2.53 bits per heavy atom. The fourth-order valence-electron chi connectivity index (χ4n) is 1.10. The van der Waals surface area contributed by atoms with Crippen LogP contribution in [0.2, 0.25) is 0 Å². The third-order valence-electron chi connectivity index (χ3n) is 1.69. The van der Waals surface area contributed by atoms with Gasteiger partial charge in [0.15, 0.2) is 5.82 Å². The van der Waals surface area contributed by atoms with Crippen LogP contribution < -0.4 is 5.32 Å². The summed E-state index contributed by atoms with van der Waals surface area (Å²) < 4.78 is 10.1. The third-order valence-corrected chi connectivity index (χ3v) is 1.69. The predicted octanol–water partition coefficient (Wildman–Crippen LogP) is 0.359. The summed E-state index contributed by atoms with van der Waals surface area (Å²) >= 11 is 0. The lowest BCUT2D eigenvalue weighted by atomic mass is 10.5. The Labute approximate surface area is 85.9 Å². The van der Waals surface area contributed by atoms with E-state index in [-0.39, 0.29) is 0 Å². The monoisotopic (exact) mass is 209 g/mol. The van der Waals surface area contributed by atoms with Crippen molar-refractivity contribution in [3.63, 3.8) is 0 Å². The van der Waals surface area contributed by atoms with Crippen molar-refractivity contribution >= 4 is 0 Å². The molecule has 0 aliphatic rings. The molecule has 0 bridgehead atoms. The molecule has 15 heavy (non-hydrogen) atoms. The quantitative estimate of drug-likeness (QED) is 0.777. The van der Waals surface area contributed by atoms with E-state index >= 15 is 0 Å². The van der Waals surface area contributed by atoms with Gasteiger partial charge in [-0.3, -0.25) is 5.32 Å². The predicted molar refractivity (Wildman–Crippen MR) is 48.6 cm³/mol. The Balaban J connectivity index is 1.80. The number of nitrogens with zero attached hydrogens (tertiary/aromatic N) is 4. The van der Waals surface area contributed by atoms with Gasteiger partial charge in [0, 0.05) is 6.92 Å². The lowest BCUT2D eigenvalue weighted by Gasteiger charge is -1.95. The second kappa shape index (κ2) is 4.18. The van der Waals surface area contributed by atoms with Crippen molar-refractivity contribution in [2.45, 2.75) is 26.9 Å². The van der Waals surface area contributed by atoms with Crippen molar-refractivity contribution < 1.29 is 8.94 Å². The van der Waals surface area contributed by atoms with Crippen LogP contribution in [0.15, 0.2) is 8.94 Å². The van der Waals surface area contributed by atoms with E-state index in [1.165, 1.54) is 0 Å². The highest BCUT2D eigenvalue weighted by molar-refractivity contribution is 4.83. The van der Waals surface area contributed by atoms with E-state index in [4.69, 9.17) is 8.94 Å². The molecule has 2 rings (SSSR count). The van der Waals surface area contributed by atoms with Gasteiger partial charge in [0.1, 0.15) is 0 Å². The van der Waals surface area contributed by atoms with E-state index in [0.29, 0.717) is 36.6 Å². The molecule has 0 saturated heterocycles. The number of aromatic nitrogens is 4. The molecule has 0 radical (unpaired) electrons. The number of hydrogen-bond acceptors (Lipinski definition) is 7. The molecule has 0 aromatic carbocycles. The maximum Gasteiger partial charge on any atom is 0.240 e. The number of hydrogen-bond donors (Lipinski definition) is 1. The summed E-state index contributed by atoms with van der Waals surface area (Å²) in [6.07, 6.45) is 0. The van der Waals surface area contributed by atoms with Gasteiger partial charge < -0.3 is 8.94 Å². The van der Waals surface area contributed by atoms with Crippen LogP contribution in [0.4, 0.5) is 0 Å². The van der Waals surface area contributed by atoms with Crippen LogP contribution in [0.1, 0.15) is 23.5 Å². The van der Waals surface area contributed by atoms with Gasteiger partial charge in [-0.05, 0) is 6.92 Å². The van der Waals surface area contributed by atoms with Crippen molar-refractivity contribution in [1.29, 1.82) is 0 Å². The molecule has 2 aromatic heterocycles. The largest absolute Gasteiger partial charge is 0.424 e. The van der Waals surface area contributed by atoms with Crippen LogP contribution >= 0.6 is 0 Å². The highest BCUT2D eigenvalue weighted by Crippen LogP contribution is 1.98. The first kappa shape index (κ1) is 9.78. The van der Waals surface area contributed by atoms with Crippen LogP contribution in [0.3, 0.4) is 0 Å². The summed E-state index contributed by atoms with van der Waals surface area (Å²) in [4.78, 5) is 4.04. The van der Waals surface area contributed by atoms with Crippen molar-refractivity contribution in [1.82, 2.24) is 25.7 Å². The van der Waals surface area contributed by atoms with Crippen molar-refractivity contribution in [3.05, 3.63) is 23.5 Å². The number of rotatable bonds is 4. The van der Waals surface area contributed by atoms with Crippen LogP contribution in [-0.4, -0.2) is 20.3 Å². The standard InChI is InChI=1S/C8H11N5O2/c1-5-10-7(15-13-5)3-9-4-8-12-11-6(2)14-8/h9H,3-4H2,1-2H3. The molecule has 0 saturated carbocycles. The highest BCUT2D eigenvalue weighted by Gasteiger charge is 2.04.